The van der Waals surface area contributed by atoms with Gasteiger partial charge in [0.2, 0.25) is 0 Å². The molecule has 0 radical (unpaired) electrons. The van der Waals surface area contributed by atoms with Gasteiger partial charge < -0.3 is 9.47 Å². The zero-order valence-corrected chi connectivity index (χ0v) is 29.5. The van der Waals surface area contributed by atoms with E-state index in [1.807, 2.05) is 0 Å². The van der Waals surface area contributed by atoms with Gasteiger partial charge in [-0.25, -0.2) is 0 Å². The fourth-order valence-electron chi connectivity index (χ4n) is 8.58. The van der Waals surface area contributed by atoms with E-state index in [0.29, 0.717) is 0 Å². The van der Waals surface area contributed by atoms with Crippen molar-refractivity contribution in [3.63, 3.8) is 0 Å². The predicted octanol–water partition coefficient (Wildman–Crippen LogP) is 14.5. The normalized spacial score (nSPS) is 11.7. The molecule has 2 nitrogen and oxygen atoms in total. The molecular formula is C52H34N2. The largest absolute Gasteiger partial charge is 0.310 e. The summed E-state index contributed by atoms with van der Waals surface area (Å²) < 4.78 is 2.38. The average Bonchev–Trinajstić information content (AvgIpc) is 3.58. The molecule has 0 N–H and O–H groups in total. The number of anilines is 3. The molecule has 0 aliphatic heterocycles. The Morgan fingerprint density at radius 1 is 0.296 bits per heavy atom. The van der Waals surface area contributed by atoms with E-state index in [1.54, 1.807) is 0 Å². The summed E-state index contributed by atoms with van der Waals surface area (Å²) in [5.74, 6) is 0. The van der Waals surface area contributed by atoms with Gasteiger partial charge in [0, 0.05) is 33.5 Å². The number of aromatic nitrogens is 1. The highest BCUT2D eigenvalue weighted by Crippen LogP contribution is 2.43. The summed E-state index contributed by atoms with van der Waals surface area (Å²) in [4.78, 5) is 2.37. The van der Waals surface area contributed by atoms with Gasteiger partial charge in [-0.1, -0.05) is 127 Å². The van der Waals surface area contributed by atoms with Crippen LogP contribution >= 0.6 is 0 Å². The molecule has 54 heavy (non-hydrogen) atoms. The first kappa shape index (κ1) is 30.5. The Labute approximate surface area is 313 Å². The molecule has 0 saturated heterocycles. The van der Waals surface area contributed by atoms with Gasteiger partial charge in [-0.15, -0.1) is 0 Å². The summed E-state index contributed by atoms with van der Waals surface area (Å²) in [7, 11) is 0. The van der Waals surface area contributed by atoms with Crippen molar-refractivity contribution in [3.8, 4) is 27.9 Å². The zero-order valence-electron chi connectivity index (χ0n) is 29.5. The van der Waals surface area contributed by atoms with E-state index in [0.717, 1.165) is 17.1 Å². The third-order valence-electron chi connectivity index (χ3n) is 11.0. The molecule has 0 saturated carbocycles. The minimum Gasteiger partial charge on any atom is -0.310 e. The third-order valence-corrected chi connectivity index (χ3v) is 11.0. The Morgan fingerprint density at radius 3 is 1.46 bits per heavy atom. The first-order valence-corrected chi connectivity index (χ1v) is 18.6. The summed E-state index contributed by atoms with van der Waals surface area (Å²) in [6.45, 7) is 0. The van der Waals surface area contributed by atoms with Crippen LogP contribution in [0.4, 0.5) is 17.1 Å². The van der Waals surface area contributed by atoms with E-state index < -0.39 is 0 Å². The van der Waals surface area contributed by atoms with Crippen molar-refractivity contribution >= 4 is 71.2 Å². The summed E-state index contributed by atoms with van der Waals surface area (Å²) in [5.41, 5.74) is 11.9. The van der Waals surface area contributed by atoms with Crippen LogP contribution in [0, 0.1) is 0 Å². The van der Waals surface area contributed by atoms with Crippen LogP contribution in [-0.4, -0.2) is 4.57 Å². The second kappa shape index (κ2) is 12.2. The van der Waals surface area contributed by atoms with Crippen LogP contribution < -0.4 is 4.90 Å². The molecule has 0 atom stereocenters. The minimum atomic E-state index is 1.13. The summed E-state index contributed by atoms with van der Waals surface area (Å²) >= 11 is 0. The van der Waals surface area contributed by atoms with Crippen molar-refractivity contribution in [2.24, 2.45) is 0 Å². The molecule has 0 fully saturated rings. The Hall–Kier alpha value is -7.16. The summed E-state index contributed by atoms with van der Waals surface area (Å²) in [5, 5.41) is 10.2. The molecule has 1 heterocycles. The number of hydrogen-bond acceptors (Lipinski definition) is 1. The number of hydrogen-bond donors (Lipinski definition) is 0. The maximum Gasteiger partial charge on any atom is 0.0541 e. The number of para-hydroxylation sites is 3. The van der Waals surface area contributed by atoms with Crippen LogP contribution in [0.15, 0.2) is 206 Å². The van der Waals surface area contributed by atoms with E-state index in [2.05, 4.69) is 216 Å². The molecule has 0 amide bonds. The lowest BCUT2D eigenvalue weighted by Crippen LogP contribution is -2.09. The van der Waals surface area contributed by atoms with Gasteiger partial charge in [-0.3, -0.25) is 0 Å². The van der Waals surface area contributed by atoms with Crippen molar-refractivity contribution in [3.05, 3.63) is 206 Å². The monoisotopic (exact) mass is 686 g/mol. The lowest BCUT2D eigenvalue weighted by atomic mass is 9.90. The van der Waals surface area contributed by atoms with Crippen LogP contribution in [-0.2, 0) is 0 Å². The number of rotatable bonds is 6. The van der Waals surface area contributed by atoms with E-state index >= 15 is 0 Å². The second-order valence-corrected chi connectivity index (χ2v) is 14.2. The Kier molecular flexibility index (Phi) is 6.90. The van der Waals surface area contributed by atoms with Crippen LogP contribution in [0.25, 0.3) is 82.1 Å². The molecule has 0 spiro atoms. The molecule has 2 heteroatoms. The predicted molar refractivity (Wildman–Crippen MR) is 230 cm³/mol. The van der Waals surface area contributed by atoms with Crippen LogP contribution in [0.3, 0.4) is 0 Å². The van der Waals surface area contributed by atoms with Crippen molar-refractivity contribution in [2.75, 3.05) is 4.90 Å². The number of fused-ring (bicyclic) bond motifs is 3. The smallest absolute Gasteiger partial charge is 0.0541 e. The van der Waals surface area contributed by atoms with Crippen molar-refractivity contribution < 1.29 is 0 Å². The second-order valence-electron chi connectivity index (χ2n) is 14.2. The molecule has 11 aromatic rings. The number of benzene rings is 10. The van der Waals surface area contributed by atoms with Gasteiger partial charge in [0.15, 0.2) is 0 Å². The maximum atomic E-state index is 2.38. The van der Waals surface area contributed by atoms with E-state index in [9.17, 15) is 0 Å². The quantitative estimate of drug-likeness (QED) is 0.158. The first-order chi connectivity index (χ1) is 26.8. The number of nitrogens with zero attached hydrogens (tertiary/aromatic N) is 2. The molecule has 0 aliphatic carbocycles. The zero-order chi connectivity index (χ0) is 35.6. The Balaban J connectivity index is 1.03. The van der Waals surface area contributed by atoms with Gasteiger partial charge in [0.25, 0.3) is 0 Å². The Bertz CT molecular complexity index is 3060. The molecule has 252 valence electrons. The highest BCUT2D eigenvalue weighted by Gasteiger charge is 2.18. The standard InChI is InChI=1S/C52H34N2/c1-4-12-35(13-5-1)36-24-27-45(28-25-36)53(43-14-6-2-7-15-43)46-32-40-22-20-38-30-42(31-39-21-23-41(33-46)52(40)51(38)39)37-26-29-50-48(34-37)47-18-10-11-19-49(47)54(50)44-16-8-3-9-17-44/h1-34H. The molecule has 0 unspecified atom stereocenters. The van der Waals surface area contributed by atoms with Gasteiger partial charge in [0.05, 0.1) is 11.0 Å². The van der Waals surface area contributed by atoms with Gasteiger partial charge in [-0.05, 0) is 133 Å². The van der Waals surface area contributed by atoms with E-state index in [-0.39, 0.29) is 0 Å². The highest BCUT2D eigenvalue weighted by molar-refractivity contribution is 6.24. The maximum absolute atomic E-state index is 2.38. The minimum absolute atomic E-state index is 1.13. The molecule has 10 aromatic carbocycles. The van der Waals surface area contributed by atoms with Crippen LogP contribution in [0.1, 0.15) is 0 Å². The van der Waals surface area contributed by atoms with E-state index in [4.69, 9.17) is 0 Å². The molecule has 1 aromatic heterocycles. The third kappa shape index (κ3) is 4.88. The molecular weight excluding hydrogens is 653 g/mol. The Morgan fingerprint density at radius 2 is 0.796 bits per heavy atom. The van der Waals surface area contributed by atoms with Crippen molar-refractivity contribution in [1.29, 1.82) is 0 Å². The van der Waals surface area contributed by atoms with E-state index in [1.165, 1.54) is 82.1 Å². The fraction of sp³-hybridized carbons (Fsp3) is 0. The van der Waals surface area contributed by atoms with Gasteiger partial charge in [-0.2, -0.15) is 0 Å². The summed E-state index contributed by atoms with van der Waals surface area (Å²) in [6.07, 6.45) is 0. The first-order valence-electron chi connectivity index (χ1n) is 18.6. The highest BCUT2D eigenvalue weighted by atomic mass is 15.1. The lowest BCUT2D eigenvalue weighted by molar-refractivity contribution is 1.18. The summed E-state index contributed by atoms with van der Waals surface area (Å²) in [6, 6.07) is 75.2. The fourth-order valence-corrected chi connectivity index (χ4v) is 8.58. The van der Waals surface area contributed by atoms with Crippen LogP contribution in [0.2, 0.25) is 0 Å². The van der Waals surface area contributed by atoms with Gasteiger partial charge >= 0.3 is 0 Å². The lowest BCUT2D eigenvalue weighted by Gasteiger charge is -2.27. The van der Waals surface area contributed by atoms with Gasteiger partial charge in [0.1, 0.15) is 0 Å². The van der Waals surface area contributed by atoms with Crippen molar-refractivity contribution in [1.82, 2.24) is 4.57 Å². The van der Waals surface area contributed by atoms with Crippen LogP contribution in [0.5, 0.6) is 0 Å². The molecule has 0 bridgehead atoms. The average molecular weight is 687 g/mol. The van der Waals surface area contributed by atoms with Crippen molar-refractivity contribution in [2.45, 2.75) is 0 Å². The SMILES string of the molecule is c1ccc(-c2ccc(N(c3ccccc3)c3cc4ccc5cc(-c6ccc7c(c6)c6ccccc6n7-c6ccccc6)cc6ccc(c3)c4c56)cc2)cc1. The molecule has 0 aliphatic rings. The molecule has 11 rings (SSSR count). The topological polar surface area (TPSA) is 8.17 Å².